The van der Waals surface area contributed by atoms with Crippen LogP contribution < -0.4 is 0 Å². The molecule has 6 unspecified atom stereocenters. The fraction of sp³-hybridized carbons (Fsp3) is 0.600. The van der Waals surface area contributed by atoms with E-state index in [1.54, 1.807) is 7.11 Å². The van der Waals surface area contributed by atoms with Gasteiger partial charge in [0, 0.05) is 18.9 Å². The number of rotatable bonds is 6. The van der Waals surface area contributed by atoms with Gasteiger partial charge in [-0.25, -0.2) is 0 Å². The van der Waals surface area contributed by atoms with Crippen molar-refractivity contribution in [3.63, 3.8) is 0 Å². The number of hydrogen-bond donors (Lipinski definition) is 2. The third-order valence-electron chi connectivity index (χ3n) is 6.74. The number of methoxy groups -OCH3 is 1. The van der Waals surface area contributed by atoms with Gasteiger partial charge in [0.05, 0.1) is 17.8 Å². The number of allylic oxidation sites excluding steroid dienone is 1. The summed E-state index contributed by atoms with van der Waals surface area (Å²) in [7, 11) is 1.81. The molecule has 1 aromatic rings. The Labute approximate surface area is 170 Å². The van der Waals surface area contributed by atoms with E-state index in [1.807, 2.05) is 20.8 Å². The summed E-state index contributed by atoms with van der Waals surface area (Å²) < 4.78 is 5.68. The highest BCUT2D eigenvalue weighted by Gasteiger charge is 2.37. The molecule has 3 rings (SSSR count). The Bertz CT molecular complexity index is 710. The van der Waals surface area contributed by atoms with E-state index in [-0.39, 0.29) is 17.9 Å². The number of benzene rings is 1. The van der Waals surface area contributed by atoms with E-state index >= 15 is 0 Å². The minimum Gasteiger partial charge on any atom is -0.390 e. The molecule has 0 amide bonds. The molecule has 28 heavy (non-hydrogen) atoms. The fourth-order valence-electron chi connectivity index (χ4n) is 5.04. The van der Waals surface area contributed by atoms with Crippen LogP contribution in [0.25, 0.3) is 0 Å². The smallest absolute Gasteiger partial charge is 0.0751 e. The molecule has 2 N–H and O–H groups in total. The monoisotopic (exact) mass is 384 g/mol. The van der Waals surface area contributed by atoms with Gasteiger partial charge in [-0.3, -0.25) is 0 Å². The van der Waals surface area contributed by atoms with Crippen molar-refractivity contribution >= 4 is 0 Å². The molecule has 0 saturated heterocycles. The fourth-order valence-corrected chi connectivity index (χ4v) is 5.04. The average molecular weight is 385 g/mol. The van der Waals surface area contributed by atoms with Crippen LogP contribution in [-0.2, 0) is 17.6 Å². The Morgan fingerprint density at radius 1 is 1.04 bits per heavy atom. The van der Waals surface area contributed by atoms with Crippen LogP contribution in [0, 0.1) is 23.7 Å². The maximum atomic E-state index is 10.6. The Morgan fingerprint density at radius 3 is 2.14 bits per heavy atom. The van der Waals surface area contributed by atoms with Crippen LogP contribution in [0.1, 0.15) is 45.2 Å². The average Bonchev–Trinajstić information content (AvgIpc) is 2.98. The van der Waals surface area contributed by atoms with Crippen molar-refractivity contribution in [2.24, 2.45) is 23.7 Å². The highest BCUT2D eigenvalue weighted by atomic mass is 16.5. The minimum absolute atomic E-state index is 0.0541. The van der Waals surface area contributed by atoms with Gasteiger partial charge in [0.15, 0.2) is 0 Å². The first-order chi connectivity index (χ1) is 13.2. The Morgan fingerprint density at radius 2 is 1.61 bits per heavy atom. The lowest BCUT2D eigenvalue weighted by Gasteiger charge is -2.40. The van der Waals surface area contributed by atoms with E-state index in [0.717, 1.165) is 18.4 Å². The van der Waals surface area contributed by atoms with E-state index in [4.69, 9.17) is 4.74 Å². The van der Waals surface area contributed by atoms with Crippen molar-refractivity contribution in [2.75, 3.05) is 7.11 Å². The molecule has 0 aromatic heterocycles. The molecule has 2 aliphatic rings. The van der Waals surface area contributed by atoms with Gasteiger partial charge >= 0.3 is 0 Å². The zero-order valence-electron chi connectivity index (χ0n) is 17.9. The van der Waals surface area contributed by atoms with E-state index < -0.39 is 11.7 Å². The first-order valence-corrected chi connectivity index (χ1v) is 10.6. The molecule has 3 heteroatoms. The first-order valence-electron chi connectivity index (χ1n) is 10.6. The lowest BCUT2D eigenvalue weighted by molar-refractivity contribution is -0.0264. The maximum absolute atomic E-state index is 10.6. The van der Waals surface area contributed by atoms with E-state index in [2.05, 4.69) is 49.4 Å². The Kier molecular flexibility index (Phi) is 6.48. The molecule has 0 heterocycles. The van der Waals surface area contributed by atoms with E-state index in [0.29, 0.717) is 18.3 Å². The van der Waals surface area contributed by atoms with Gasteiger partial charge in [-0.2, -0.15) is 0 Å². The van der Waals surface area contributed by atoms with Crippen LogP contribution in [0.2, 0.25) is 0 Å². The van der Waals surface area contributed by atoms with Crippen LogP contribution in [0.3, 0.4) is 0 Å². The second-order valence-electron chi connectivity index (χ2n) is 9.42. The van der Waals surface area contributed by atoms with Gasteiger partial charge in [-0.1, -0.05) is 49.4 Å². The highest BCUT2D eigenvalue weighted by Crippen LogP contribution is 2.38. The maximum Gasteiger partial charge on any atom is 0.0751 e. The first kappa shape index (κ1) is 21.3. The SMILES string of the molecule is COC1C(C)C=CC1Cc1ccc(CC2C=C(C)C(O)CC2C(C)(C)O)cc1. The van der Waals surface area contributed by atoms with Crippen molar-refractivity contribution in [3.05, 3.63) is 59.2 Å². The molecule has 0 bridgehead atoms. The second-order valence-corrected chi connectivity index (χ2v) is 9.42. The largest absolute Gasteiger partial charge is 0.390 e. The third-order valence-corrected chi connectivity index (χ3v) is 6.74. The normalized spacial score (nSPS) is 33.2. The molecule has 0 spiro atoms. The van der Waals surface area contributed by atoms with Crippen molar-refractivity contribution in [2.45, 2.75) is 64.8 Å². The zero-order valence-corrected chi connectivity index (χ0v) is 17.9. The summed E-state index contributed by atoms with van der Waals surface area (Å²) in [4.78, 5) is 0. The Balaban J connectivity index is 1.69. The molecule has 2 aliphatic carbocycles. The van der Waals surface area contributed by atoms with Gasteiger partial charge in [0.2, 0.25) is 0 Å². The quantitative estimate of drug-likeness (QED) is 0.718. The number of aliphatic hydroxyl groups excluding tert-OH is 1. The third kappa shape index (κ3) is 4.76. The van der Waals surface area contributed by atoms with E-state index in [9.17, 15) is 10.2 Å². The molecule has 6 atom stereocenters. The van der Waals surface area contributed by atoms with Gasteiger partial charge in [-0.05, 0) is 68.6 Å². The van der Waals surface area contributed by atoms with Crippen LogP contribution in [0.5, 0.6) is 0 Å². The minimum atomic E-state index is -0.802. The van der Waals surface area contributed by atoms with Gasteiger partial charge in [-0.15, -0.1) is 0 Å². The lowest BCUT2D eigenvalue weighted by Crippen LogP contribution is -2.41. The molecule has 0 aliphatic heterocycles. The van der Waals surface area contributed by atoms with Crippen molar-refractivity contribution in [1.82, 2.24) is 0 Å². The number of aliphatic hydroxyl groups is 2. The van der Waals surface area contributed by atoms with Crippen LogP contribution in [0.15, 0.2) is 48.1 Å². The van der Waals surface area contributed by atoms with E-state index in [1.165, 1.54) is 11.1 Å². The predicted octanol–water partition coefficient (Wildman–Crippen LogP) is 4.32. The van der Waals surface area contributed by atoms with Crippen molar-refractivity contribution in [3.8, 4) is 0 Å². The van der Waals surface area contributed by atoms with Gasteiger partial charge in [0.25, 0.3) is 0 Å². The summed E-state index contributed by atoms with van der Waals surface area (Å²) in [5.74, 6) is 1.21. The molecule has 0 fully saturated rings. The van der Waals surface area contributed by atoms with Crippen molar-refractivity contribution < 1.29 is 14.9 Å². The molecule has 1 aromatic carbocycles. The summed E-state index contributed by atoms with van der Waals surface area (Å²) in [6, 6.07) is 8.89. The molecular weight excluding hydrogens is 348 g/mol. The van der Waals surface area contributed by atoms with Crippen LogP contribution in [-0.4, -0.2) is 35.1 Å². The molecule has 154 valence electrons. The summed E-state index contributed by atoms with van der Waals surface area (Å²) in [5, 5.41) is 20.8. The summed E-state index contributed by atoms with van der Waals surface area (Å²) >= 11 is 0. The Hall–Kier alpha value is -1.42. The molecular formula is C25H36O3. The topological polar surface area (TPSA) is 49.7 Å². The number of hydrogen-bond acceptors (Lipinski definition) is 3. The predicted molar refractivity (Wildman–Crippen MR) is 114 cm³/mol. The second kappa shape index (κ2) is 8.52. The van der Waals surface area contributed by atoms with Crippen LogP contribution in [0.4, 0.5) is 0 Å². The van der Waals surface area contributed by atoms with Gasteiger partial charge < -0.3 is 14.9 Å². The van der Waals surface area contributed by atoms with Gasteiger partial charge in [0.1, 0.15) is 0 Å². The standard InChI is InChI=1S/C25H36O3/c1-16-6-11-20(24(16)28-5)13-18-7-9-19(10-8-18)14-21-12-17(2)23(26)15-22(21)25(3,4)27/h6-12,16,20-24,26-27H,13-15H2,1-5H3. The summed E-state index contributed by atoms with van der Waals surface area (Å²) in [6.07, 6.45) is 9.07. The van der Waals surface area contributed by atoms with Crippen LogP contribution >= 0.6 is 0 Å². The molecule has 0 radical (unpaired) electrons. The lowest BCUT2D eigenvalue weighted by atomic mass is 9.70. The summed E-state index contributed by atoms with van der Waals surface area (Å²) in [6.45, 7) is 7.92. The molecule has 0 saturated carbocycles. The number of ether oxygens (including phenoxy) is 1. The molecule has 3 nitrogen and oxygen atoms in total. The van der Waals surface area contributed by atoms with Crippen molar-refractivity contribution in [1.29, 1.82) is 0 Å². The summed E-state index contributed by atoms with van der Waals surface area (Å²) in [5.41, 5.74) is 2.83. The highest BCUT2D eigenvalue weighted by molar-refractivity contribution is 5.27. The zero-order chi connectivity index (χ0) is 20.5.